The van der Waals surface area contributed by atoms with E-state index in [4.69, 9.17) is 14.7 Å². The van der Waals surface area contributed by atoms with Crippen molar-refractivity contribution in [2.75, 3.05) is 13.7 Å². The molecule has 7 heteroatoms. The molecule has 1 aliphatic heterocycles. The Bertz CT molecular complexity index is 932. The van der Waals surface area contributed by atoms with Gasteiger partial charge in [0.25, 0.3) is 5.91 Å². The van der Waals surface area contributed by atoms with E-state index in [9.17, 15) is 9.59 Å². The maximum atomic E-state index is 12.6. The second-order valence-corrected chi connectivity index (χ2v) is 5.72. The fourth-order valence-electron chi connectivity index (χ4n) is 2.65. The van der Waals surface area contributed by atoms with Crippen LogP contribution >= 0.6 is 0 Å². The third kappa shape index (κ3) is 4.07. The lowest BCUT2D eigenvalue weighted by molar-refractivity contribution is -0.123. The van der Waals surface area contributed by atoms with Gasteiger partial charge in [0.05, 0.1) is 13.7 Å². The van der Waals surface area contributed by atoms with Gasteiger partial charge < -0.3 is 14.8 Å². The lowest BCUT2D eigenvalue weighted by Crippen LogP contribution is -2.30. The fraction of sp³-hybridized carbons (Fsp3) is 0.150. The monoisotopic (exact) mass is 363 g/mol. The molecule has 2 aromatic carbocycles. The minimum Gasteiger partial charge on any atom is -0.493 e. The molecule has 0 atom stereocenters. The molecule has 0 radical (unpaired) electrons. The number of methoxy groups -OCH3 is 1. The minimum absolute atomic E-state index is 0.0974. The van der Waals surface area contributed by atoms with Crippen LogP contribution in [0.5, 0.6) is 11.5 Å². The standard InChI is InChI=1S/C20H17N3O4/c1-26-18-12-15(7-8-17(18)27-10-9-21)11-16-19(24)23(20(25)22-16)13-14-5-3-2-4-6-14/h2-8,11-12H,10,13H2,1H3,(H,22,25)/b16-11-. The van der Waals surface area contributed by atoms with Crippen LogP contribution in [0.3, 0.4) is 0 Å². The summed E-state index contributed by atoms with van der Waals surface area (Å²) in [4.78, 5) is 25.9. The molecule has 27 heavy (non-hydrogen) atoms. The van der Waals surface area contributed by atoms with E-state index >= 15 is 0 Å². The summed E-state index contributed by atoms with van der Waals surface area (Å²) in [6, 6.07) is 15.7. The Hall–Kier alpha value is -3.79. The summed E-state index contributed by atoms with van der Waals surface area (Å²) in [6.45, 7) is 0.104. The molecule has 1 N–H and O–H groups in total. The number of nitrogens with one attached hydrogen (secondary N) is 1. The van der Waals surface area contributed by atoms with Gasteiger partial charge in [-0.2, -0.15) is 5.26 Å². The molecule has 7 nitrogen and oxygen atoms in total. The van der Waals surface area contributed by atoms with E-state index in [1.165, 1.54) is 7.11 Å². The van der Waals surface area contributed by atoms with Crippen LogP contribution in [0.25, 0.3) is 6.08 Å². The SMILES string of the molecule is COc1cc(/C=C2\NC(=O)N(Cc3ccccc3)C2=O)ccc1OCC#N. The molecule has 3 rings (SSSR count). The smallest absolute Gasteiger partial charge is 0.329 e. The maximum absolute atomic E-state index is 12.6. The number of hydrogen-bond donors (Lipinski definition) is 1. The van der Waals surface area contributed by atoms with Crippen molar-refractivity contribution in [2.45, 2.75) is 6.54 Å². The molecule has 0 saturated carbocycles. The lowest BCUT2D eigenvalue weighted by Gasteiger charge is -2.11. The molecule has 1 aliphatic rings. The van der Waals surface area contributed by atoms with Crippen LogP contribution in [0.4, 0.5) is 4.79 Å². The van der Waals surface area contributed by atoms with Gasteiger partial charge in [-0.3, -0.25) is 9.69 Å². The van der Waals surface area contributed by atoms with E-state index in [-0.39, 0.29) is 18.8 Å². The van der Waals surface area contributed by atoms with Gasteiger partial charge in [-0.15, -0.1) is 0 Å². The van der Waals surface area contributed by atoms with Crippen LogP contribution in [-0.4, -0.2) is 30.6 Å². The van der Waals surface area contributed by atoms with Crippen molar-refractivity contribution in [1.82, 2.24) is 10.2 Å². The second-order valence-electron chi connectivity index (χ2n) is 5.72. The third-order valence-corrected chi connectivity index (χ3v) is 3.94. The van der Waals surface area contributed by atoms with Crippen molar-refractivity contribution in [1.29, 1.82) is 5.26 Å². The highest BCUT2D eigenvalue weighted by Gasteiger charge is 2.33. The molecule has 0 aliphatic carbocycles. The van der Waals surface area contributed by atoms with E-state index in [1.54, 1.807) is 24.3 Å². The average molecular weight is 363 g/mol. The van der Waals surface area contributed by atoms with Crippen LogP contribution in [0, 0.1) is 11.3 Å². The van der Waals surface area contributed by atoms with Gasteiger partial charge in [0.15, 0.2) is 18.1 Å². The number of imide groups is 1. The summed E-state index contributed by atoms with van der Waals surface area (Å²) in [5.41, 5.74) is 1.70. The zero-order valence-electron chi connectivity index (χ0n) is 14.6. The Morgan fingerprint density at radius 3 is 2.63 bits per heavy atom. The van der Waals surface area contributed by atoms with Gasteiger partial charge in [0.1, 0.15) is 11.8 Å². The van der Waals surface area contributed by atoms with Gasteiger partial charge in [-0.1, -0.05) is 36.4 Å². The number of ether oxygens (including phenoxy) is 2. The Labute approximate surface area is 156 Å². The van der Waals surface area contributed by atoms with Crippen LogP contribution in [0.15, 0.2) is 54.2 Å². The summed E-state index contributed by atoms with van der Waals surface area (Å²) in [6.07, 6.45) is 1.57. The Morgan fingerprint density at radius 1 is 1.15 bits per heavy atom. The average Bonchev–Trinajstić information content (AvgIpc) is 2.95. The van der Waals surface area contributed by atoms with Crippen molar-refractivity contribution in [3.8, 4) is 17.6 Å². The first-order valence-electron chi connectivity index (χ1n) is 8.18. The molecule has 3 amide bonds. The van der Waals surface area contributed by atoms with Crippen molar-refractivity contribution in [3.63, 3.8) is 0 Å². The number of carbonyl (C=O) groups excluding carboxylic acids is 2. The van der Waals surface area contributed by atoms with Gasteiger partial charge in [0, 0.05) is 0 Å². The number of nitriles is 1. The van der Waals surface area contributed by atoms with Crippen LogP contribution in [0.1, 0.15) is 11.1 Å². The Kier molecular flexibility index (Phi) is 5.38. The first-order valence-corrected chi connectivity index (χ1v) is 8.18. The predicted molar refractivity (Wildman–Crippen MR) is 97.6 cm³/mol. The quantitative estimate of drug-likeness (QED) is 0.629. The highest BCUT2D eigenvalue weighted by atomic mass is 16.5. The minimum atomic E-state index is -0.462. The lowest BCUT2D eigenvalue weighted by atomic mass is 10.1. The van der Waals surface area contributed by atoms with Gasteiger partial charge in [0.2, 0.25) is 0 Å². The fourth-order valence-corrected chi connectivity index (χ4v) is 2.65. The predicted octanol–water partition coefficient (Wildman–Crippen LogP) is 2.69. The van der Waals surface area contributed by atoms with Crippen molar-refractivity contribution in [3.05, 3.63) is 65.4 Å². The number of carbonyl (C=O) groups is 2. The van der Waals surface area contributed by atoms with Gasteiger partial charge in [-0.25, -0.2) is 4.79 Å². The molecule has 1 fully saturated rings. The van der Waals surface area contributed by atoms with E-state index in [0.29, 0.717) is 17.1 Å². The van der Waals surface area contributed by atoms with Crippen LogP contribution in [0.2, 0.25) is 0 Å². The van der Waals surface area contributed by atoms with Crippen molar-refractivity contribution >= 4 is 18.0 Å². The molecule has 0 bridgehead atoms. The number of urea groups is 1. The van der Waals surface area contributed by atoms with Gasteiger partial charge >= 0.3 is 6.03 Å². The molecule has 0 unspecified atom stereocenters. The molecule has 136 valence electrons. The van der Waals surface area contributed by atoms with Crippen molar-refractivity contribution < 1.29 is 19.1 Å². The number of nitrogens with zero attached hydrogens (tertiary/aromatic N) is 2. The topological polar surface area (TPSA) is 91.7 Å². The first kappa shape index (κ1) is 18.0. The van der Waals surface area contributed by atoms with E-state index in [1.807, 2.05) is 36.4 Å². The van der Waals surface area contributed by atoms with Crippen LogP contribution < -0.4 is 14.8 Å². The zero-order valence-corrected chi connectivity index (χ0v) is 14.6. The van der Waals surface area contributed by atoms with E-state index < -0.39 is 11.9 Å². The summed E-state index contributed by atoms with van der Waals surface area (Å²) in [5, 5.41) is 11.2. The van der Waals surface area contributed by atoms with E-state index in [2.05, 4.69) is 5.32 Å². The maximum Gasteiger partial charge on any atom is 0.329 e. The largest absolute Gasteiger partial charge is 0.493 e. The molecule has 0 spiro atoms. The second kappa shape index (κ2) is 8.06. The molecular formula is C20H17N3O4. The number of amides is 3. The zero-order chi connectivity index (χ0) is 19.2. The van der Waals surface area contributed by atoms with Crippen LogP contribution in [-0.2, 0) is 11.3 Å². The summed E-state index contributed by atoms with van der Waals surface area (Å²) < 4.78 is 10.5. The summed E-state index contributed by atoms with van der Waals surface area (Å²) >= 11 is 0. The van der Waals surface area contributed by atoms with E-state index in [0.717, 1.165) is 10.5 Å². The molecule has 1 heterocycles. The molecule has 0 aromatic heterocycles. The Balaban J connectivity index is 1.80. The number of hydrogen-bond acceptors (Lipinski definition) is 5. The highest BCUT2D eigenvalue weighted by molar-refractivity contribution is 6.13. The van der Waals surface area contributed by atoms with Crippen molar-refractivity contribution in [2.24, 2.45) is 0 Å². The Morgan fingerprint density at radius 2 is 1.93 bits per heavy atom. The summed E-state index contributed by atoms with van der Waals surface area (Å²) in [7, 11) is 1.48. The third-order valence-electron chi connectivity index (χ3n) is 3.94. The van der Waals surface area contributed by atoms with Gasteiger partial charge in [-0.05, 0) is 29.3 Å². The highest BCUT2D eigenvalue weighted by Crippen LogP contribution is 2.29. The molecule has 1 saturated heterocycles. The first-order chi connectivity index (χ1) is 13.1. The normalized spacial score (nSPS) is 14.8. The number of rotatable bonds is 6. The molecule has 2 aromatic rings. The number of benzene rings is 2. The molecular weight excluding hydrogens is 346 g/mol. The summed E-state index contributed by atoms with van der Waals surface area (Å²) in [5.74, 6) is 0.457.